The van der Waals surface area contributed by atoms with Crippen LogP contribution in [-0.2, 0) is 4.74 Å². The molecule has 0 aromatic rings. The number of halogens is 5. The molecule has 2 aliphatic carbocycles. The first-order chi connectivity index (χ1) is 10.2. The second kappa shape index (κ2) is 7.02. The molecular weight excluding hydrogens is 303 g/mol. The summed E-state index contributed by atoms with van der Waals surface area (Å²) in [6, 6.07) is 0. The Morgan fingerprint density at radius 3 is 1.68 bits per heavy atom. The Labute approximate surface area is 128 Å². The van der Waals surface area contributed by atoms with Crippen LogP contribution in [-0.4, -0.2) is 12.5 Å². The number of ether oxygens (including phenoxy) is 1. The molecule has 0 spiro atoms. The lowest BCUT2D eigenvalue weighted by atomic mass is 9.73. The highest BCUT2D eigenvalue weighted by Gasteiger charge is 2.50. The summed E-state index contributed by atoms with van der Waals surface area (Å²) in [6.45, 7) is 2.25. The molecule has 0 aliphatic heterocycles. The van der Waals surface area contributed by atoms with Gasteiger partial charge in [-0.25, -0.2) is 4.74 Å². The standard InChI is InChI=1S/C16H25F5O/c1-11-2-4-12(5-3-11)10-13-6-8-14(9-7-13)15(17,18)22-16(19,20)21/h11-14H,2-10H2,1H3. The average Bonchev–Trinajstić information content (AvgIpc) is 2.39. The lowest BCUT2D eigenvalue weighted by molar-refractivity contribution is -0.438. The van der Waals surface area contributed by atoms with E-state index in [1.165, 1.54) is 25.7 Å². The maximum atomic E-state index is 13.5. The van der Waals surface area contributed by atoms with Gasteiger partial charge < -0.3 is 0 Å². The van der Waals surface area contributed by atoms with Gasteiger partial charge >= 0.3 is 12.5 Å². The highest BCUT2D eigenvalue weighted by Crippen LogP contribution is 2.44. The van der Waals surface area contributed by atoms with Gasteiger partial charge in [0.2, 0.25) is 0 Å². The molecule has 0 unspecified atom stereocenters. The lowest BCUT2D eigenvalue weighted by Gasteiger charge is -2.35. The molecule has 0 aromatic carbocycles. The van der Waals surface area contributed by atoms with Crippen molar-refractivity contribution in [3.05, 3.63) is 0 Å². The molecule has 0 saturated heterocycles. The van der Waals surface area contributed by atoms with Gasteiger partial charge in [-0.15, -0.1) is 13.2 Å². The fourth-order valence-electron chi connectivity index (χ4n) is 4.01. The van der Waals surface area contributed by atoms with Gasteiger partial charge in [0.05, 0.1) is 5.92 Å². The molecule has 2 rings (SSSR count). The molecule has 0 N–H and O–H groups in total. The molecule has 6 heteroatoms. The Bertz CT molecular complexity index is 339. The summed E-state index contributed by atoms with van der Waals surface area (Å²) in [7, 11) is 0. The molecule has 2 saturated carbocycles. The van der Waals surface area contributed by atoms with Crippen LogP contribution in [0.25, 0.3) is 0 Å². The Balaban J connectivity index is 1.75. The number of hydrogen-bond donors (Lipinski definition) is 0. The van der Waals surface area contributed by atoms with Crippen molar-refractivity contribution in [2.45, 2.75) is 77.2 Å². The quantitative estimate of drug-likeness (QED) is 0.563. The smallest absolute Gasteiger partial charge is 0.225 e. The van der Waals surface area contributed by atoms with Crippen LogP contribution in [0.5, 0.6) is 0 Å². The predicted octanol–water partition coefficient (Wildman–Crippen LogP) is 6.14. The maximum Gasteiger partial charge on any atom is 0.527 e. The SMILES string of the molecule is CC1CCC(CC2CCC(C(F)(F)OC(F)(F)F)CC2)CC1. The first kappa shape index (κ1) is 18.0. The van der Waals surface area contributed by atoms with E-state index in [1.807, 2.05) is 0 Å². The summed E-state index contributed by atoms with van der Waals surface area (Å²) in [5, 5.41) is 0. The van der Waals surface area contributed by atoms with E-state index in [1.54, 1.807) is 0 Å². The van der Waals surface area contributed by atoms with Gasteiger partial charge in [0.1, 0.15) is 0 Å². The van der Waals surface area contributed by atoms with Gasteiger partial charge in [-0.1, -0.05) is 32.6 Å². The molecule has 0 atom stereocenters. The van der Waals surface area contributed by atoms with E-state index >= 15 is 0 Å². The fourth-order valence-corrected chi connectivity index (χ4v) is 4.01. The molecule has 0 aromatic heterocycles. The molecule has 0 amide bonds. The van der Waals surface area contributed by atoms with Crippen molar-refractivity contribution in [3.8, 4) is 0 Å². The van der Waals surface area contributed by atoms with Gasteiger partial charge in [-0.3, -0.25) is 0 Å². The van der Waals surface area contributed by atoms with Crippen LogP contribution in [0, 0.1) is 23.7 Å². The van der Waals surface area contributed by atoms with Gasteiger partial charge in [-0.05, 0) is 49.9 Å². The number of alkyl halides is 5. The average molecular weight is 328 g/mol. The Hall–Kier alpha value is -0.390. The van der Waals surface area contributed by atoms with Crippen molar-refractivity contribution in [3.63, 3.8) is 0 Å². The van der Waals surface area contributed by atoms with E-state index in [9.17, 15) is 22.0 Å². The van der Waals surface area contributed by atoms with Crippen LogP contribution in [0.3, 0.4) is 0 Å². The topological polar surface area (TPSA) is 9.23 Å². The summed E-state index contributed by atoms with van der Waals surface area (Å²) >= 11 is 0. The normalized spacial score (nSPS) is 34.6. The molecule has 1 nitrogen and oxygen atoms in total. The molecule has 0 radical (unpaired) electrons. The monoisotopic (exact) mass is 328 g/mol. The van der Waals surface area contributed by atoms with Crippen molar-refractivity contribution in [2.24, 2.45) is 23.7 Å². The minimum Gasteiger partial charge on any atom is -0.225 e. The third kappa shape index (κ3) is 5.36. The third-order valence-electron chi connectivity index (χ3n) is 5.38. The summed E-state index contributed by atoms with van der Waals surface area (Å²) < 4.78 is 66.1. The van der Waals surface area contributed by atoms with Gasteiger partial charge in [-0.2, -0.15) is 8.78 Å². The fraction of sp³-hybridized carbons (Fsp3) is 1.00. The van der Waals surface area contributed by atoms with E-state index in [-0.39, 0.29) is 12.8 Å². The van der Waals surface area contributed by atoms with E-state index in [0.717, 1.165) is 12.3 Å². The van der Waals surface area contributed by atoms with E-state index in [4.69, 9.17) is 0 Å². The minimum absolute atomic E-state index is 0.122. The Kier molecular flexibility index (Phi) is 5.73. The van der Waals surface area contributed by atoms with Crippen LogP contribution in [0.1, 0.15) is 64.7 Å². The summed E-state index contributed by atoms with van der Waals surface area (Å²) in [5.41, 5.74) is 0. The van der Waals surface area contributed by atoms with Gasteiger partial charge in [0.15, 0.2) is 0 Å². The van der Waals surface area contributed by atoms with Gasteiger partial charge in [0.25, 0.3) is 0 Å². The molecule has 0 bridgehead atoms. The zero-order valence-corrected chi connectivity index (χ0v) is 13.0. The zero-order chi connectivity index (χ0) is 16.4. The molecule has 130 valence electrons. The summed E-state index contributed by atoms with van der Waals surface area (Å²) in [6.07, 6.45) is -2.03. The molecule has 22 heavy (non-hydrogen) atoms. The maximum absolute atomic E-state index is 13.5. The molecule has 2 fully saturated rings. The second-order valence-corrected chi connectivity index (χ2v) is 7.19. The van der Waals surface area contributed by atoms with Crippen LogP contribution in [0.4, 0.5) is 22.0 Å². The van der Waals surface area contributed by atoms with Gasteiger partial charge in [0, 0.05) is 0 Å². The van der Waals surface area contributed by atoms with Crippen molar-refractivity contribution < 1.29 is 26.7 Å². The highest BCUT2D eigenvalue weighted by molar-refractivity contribution is 4.81. The van der Waals surface area contributed by atoms with Crippen LogP contribution < -0.4 is 0 Å². The summed E-state index contributed by atoms with van der Waals surface area (Å²) in [4.78, 5) is 0. The Morgan fingerprint density at radius 2 is 1.23 bits per heavy atom. The largest absolute Gasteiger partial charge is 0.527 e. The van der Waals surface area contributed by atoms with Crippen LogP contribution in [0.2, 0.25) is 0 Å². The van der Waals surface area contributed by atoms with Crippen LogP contribution in [0.15, 0.2) is 0 Å². The third-order valence-corrected chi connectivity index (χ3v) is 5.38. The van der Waals surface area contributed by atoms with Crippen molar-refractivity contribution in [1.82, 2.24) is 0 Å². The molecular formula is C16H25F5O. The first-order valence-electron chi connectivity index (χ1n) is 8.30. The molecule has 0 heterocycles. The highest BCUT2D eigenvalue weighted by atomic mass is 19.4. The Morgan fingerprint density at radius 1 is 0.773 bits per heavy atom. The van der Waals surface area contributed by atoms with E-state index < -0.39 is 18.4 Å². The molecule has 2 aliphatic rings. The second-order valence-electron chi connectivity index (χ2n) is 7.19. The van der Waals surface area contributed by atoms with Crippen molar-refractivity contribution >= 4 is 0 Å². The van der Waals surface area contributed by atoms with Crippen LogP contribution >= 0.6 is 0 Å². The minimum atomic E-state index is -5.28. The van der Waals surface area contributed by atoms with Crippen molar-refractivity contribution in [1.29, 1.82) is 0 Å². The first-order valence-corrected chi connectivity index (χ1v) is 8.30. The summed E-state index contributed by atoms with van der Waals surface area (Å²) in [5.74, 6) is 0.531. The number of hydrogen-bond acceptors (Lipinski definition) is 1. The predicted molar refractivity (Wildman–Crippen MR) is 73.3 cm³/mol. The lowest BCUT2D eigenvalue weighted by Crippen LogP contribution is -2.39. The van der Waals surface area contributed by atoms with E-state index in [0.29, 0.717) is 24.7 Å². The van der Waals surface area contributed by atoms with E-state index in [2.05, 4.69) is 11.7 Å². The zero-order valence-electron chi connectivity index (χ0n) is 13.0. The van der Waals surface area contributed by atoms with Crippen molar-refractivity contribution in [2.75, 3.05) is 0 Å². The number of rotatable bonds is 4.